The monoisotopic (exact) mass is 316 g/mol. The van der Waals surface area contributed by atoms with Gasteiger partial charge in [0.1, 0.15) is 0 Å². The fraction of sp³-hybridized carbons (Fsp3) is 0.312. The third-order valence-electron chi connectivity index (χ3n) is 3.76. The molecule has 1 fully saturated rings. The van der Waals surface area contributed by atoms with Crippen LogP contribution in [-0.2, 0) is 6.54 Å². The highest BCUT2D eigenvalue weighted by Crippen LogP contribution is 2.11. The molecule has 1 aliphatic heterocycles. The van der Waals surface area contributed by atoms with Crippen molar-refractivity contribution < 1.29 is 4.79 Å². The first-order chi connectivity index (χ1) is 10.7. The van der Waals surface area contributed by atoms with Crippen molar-refractivity contribution in [1.82, 2.24) is 20.0 Å². The van der Waals surface area contributed by atoms with Crippen LogP contribution in [0.2, 0.25) is 5.15 Å². The summed E-state index contributed by atoms with van der Waals surface area (Å²) in [6.45, 7) is 4.05. The Kier molecular flexibility index (Phi) is 4.65. The molecule has 1 aromatic carbocycles. The van der Waals surface area contributed by atoms with Crippen LogP contribution < -0.4 is 0 Å². The molecule has 1 aliphatic rings. The van der Waals surface area contributed by atoms with E-state index in [9.17, 15) is 4.79 Å². The van der Waals surface area contributed by atoms with E-state index >= 15 is 0 Å². The SMILES string of the molecule is O=C(c1ccc(Cl)nn1)N1CCN(Cc2ccccc2)CC1. The summed E-state index contributed by atoms with van der Waals surface area (Å²) in [6.07, 6.45) is 0. The van der Waals surface area contributed by atoms with Gasteiger partial charge in [0.2, 0.25) is 0 Å². The van der Waals surface area contributed by atoms with Gasteiger partial charge in [0.25, 0.3) is 5.91 Å². The van der Waals surface area contributed by atoms with Crippen LogP contribution in [0, 0.1) is 0 Å². The first kappa shape index (κ1) is 14.9. The second-order valence-electron chi connectivity index (χ2n) is 5.30. The van der Waals surface area contributed by atoms with Gasteiger partial charge in [-0.2, -0.15) is 0 Å². The minimum absolute atomic E-state index is 0.0801. The molecule has 0 unspecified atom stereocenters. The molecule has 0 aliphatic carbocycles. The van der Waals surface area contributed by atoms with E-state index in [4.69, 9.17) is 11.6 Å². The zero-order valence-electron chi connectivity index (χ0n) is 12.2. The van der Waals surface area contributed by atoms with Gasteiger partial charge in [0, 0.05) is 32.7 Å². The minimum Gasteiger partial charge on any atom is -0.335 e. The van der Waals surface area contributed by atoms with Crippen molar-refractivity contribution in [2.75, 3.05) is 26.2 Å². The molecule has 0 radical (unpaired) electrons. The second-order valence-corrected chi connectivity index (χ2v) is 5.68. The zero-order chi connectivity index (χ0) is 15.4. The molecule has 0 atom stereocenters. The maximum atomic E-state index is 12.3. The van der Waals surface area contributed by atoms with Gasteiger partial charge >= 0.3 is 0 Å². The Morgan fingerprint density at radius 3 is 2.36 bits per heavy atom. The van der Waals surface area contributed by atoms with Crippen LogP contribution >= 0.6 is 11.6 Å². The standard InChI is InChI=1S/C16H17ClN4O/c17-15-7-6-14(18-19-15)16(22)21-10-8-20(9-11-21)12-13-4-2-1-3-5-13/h1-7H,8-12H2. The Labute approximate surface area is 134 Å². The normalized spacial score (nSPS) is 15.8. The van der Waals surface area contributed by atoms with Crippen molar-refractivity contribution in [3.05, 3.63) is 58.9 Å². The number of benzene rings is 1. The number of carbonyl (C=O) groups is 1. The lowest BCUT2D eigenvalue weighted by Gasteiger charge is -2.34. The summed E-state index contributed by atoms with van der Waals surface area (Å²) in [5.41, 5.74) is 1.65. The van der Waals surface area contributed by atoms with E-state index in [1.807, 2.05) is 23.1 Å². The van der Waals surface area contributed by atoms with Crippen LogP contribution in [0.15, 0.2) is 42.5 Å². The second kappa shape index (κ2) is 6.85. The number of nitrogens with zero attached hydrogens (tertiary/aromatic N) is 4. The molecule has 1 saturated heterocycles. The van der Waals surface area contributed by atoms with Gasteiger partial charge in [-0.25, -0.2) is 0 Å². The minimum atomic E-state index is -0.0801. The van der Waals surface area contributed by atoms with E-state index in [1.54, 1.807) is 12.1 Å². The van der Waals surface area contributed by atoms with Crippen molar-refractivity contribution in [3.8, 4) is 0 Å². The highest BCUT2D eigenvalue weighted by Gasteiger charge is 2.23. The van der Waals surface area contributed by atoms with Crippen LogP contribution in [0.1, 0.15) is 16.1 Å². The lowest BCUT2D eigenvalue weighted by atomic mass is 10.2. The number of amides is 1. The van der Waals surface area contributed by atoms with E-state index in [2.05, 4.69) is 27.2 Å². The molecular formula is C16H17ClN4O. The van der Waals surface area contributed by atoms with Crippen LogP contribution in [0.5, 0.6) is 0 Å². The lowest BCUT2D eigenvalue weighted by molar-refractivity contribution is 0.0621. The van der Waals surface area contributed by atoms with Gasteiger partial charge in [-0.15, -0.1) is 10.2 Å². The van der Waals surface area contributed by atoms with Gasteiger partial charge in [0.15, 0.2) is 10.8 Å². The smallest absolute Gasteiger partial charge is 0.274 e. The fourth-order valence-corrected chi connectivity index (χ4v) is 2.64. The van der Waals surface area contributed by atoms with E-state index in [-0.39, 0.29) is 5.91 Å². The largest absolute Gasteiger partial charge is 0.335 e. The molecule has 2 heterocycles. The molecule has 22 heavy (non-hydrogen) atoms. The molecular weight excluding hydrogens is 300 g/mol. The molecule has 1 aromatic heterocycles. The molecule has 3 rings (SSSR count). The number of hydrogen-bond acceptors (Lipinski definition) is 4. The van der Waals surface area contributed by atoms with Gasteiger partial charge in [-0.1, -0.05) is 41.9 Å². The third kappa shape index (κ3) is 3.61. The van der Waals surface area contributed by atoms with Gasteiger partial charge < -0.3 is 4.90 Å². The molecule has 5 nitrogen and oxygen atoms in total. The molecule has 0 spiro atoms. The van der Waals surface area contributed by atoms with Crippen LogP contribution in [0.4, 0.5) is 0 Å². The number of halogens is 1. The van der Waals surface area contributed by atoms with E-state index in [0.717, 1.165) is 19.6 Å². The summed E-state index contributed by atoms with van der Waals surface area (Å²) in [7, 11) is 0. The summed E-state index contributed by atoms with van der Waals surface area (Å²) >= 11 is 5.69. The predicted molar refractivity (Wildman–Crippen MR) is 84.7 cm³/mol. The molecule has 2 aromatic rings. The van der Waals surface area contributed by atoms with Crippen LogP contribution in [0.25, 0.3) is 0 Å². The van der Waals surface area contributed by atoms with E-state index in [0.29, 0.717) is 23.9 Å². The quantitative estimate of drug-likeness (QED) is 0.870. The average Bonchev–Trinajstić information content (AvgIpc) is 2.57. The van der Waals surface area contributed by atoms with Crippen molar-refractivity contribution in [3.63, 3.8) is 0 Å². The maximum Gasteiger partial charge on any atom is 0.274 e. The molecule has 114 valence electrons. The lowest BCUT2D eigenvalue weighted by Crippen LogP contribution is -2.48. The number of rotatable bonds is 3. The van der Waals surface area contributed by atoms with Crippen molar-refractivity contribution >= 4 is 17.5 Å². The number of aromatic nitrogens is 2. The van der Waals surface area contributed by atoms with Gasteiger partial charge in [-0.05, 0) is 17.7 Å². The summed E-state index contributed by atoms with van der Waals surface area (Å²) in [4.78, 5) is 16.5. The molecule has 0 saturated carbocycles. The number of hydrogen-bond donors (Lipinski definition) is 0. The first-order valence-electron chi connectivity index (χ1n) is 7.27. The summed E-state index contributed by atoms with van der Waals surface area (Å²) in [5, 5.41) is 7.87. The Hall–Kier alpha value is -1.98. The molecule has 1 amide bonds. The van der Waals surface area contributed by atoms with Crippen molar-refractivity contribution in [2.45, 2.75) is 6.54 Å². The van der Waals surface area contributed by atoms with Crippen LogP contribution in [-0.4, -0.2) is 52.1 Å². The van der Waals surface area contributed by atoms with Gasteiger partial charge in [0.05, 0.1) is 0 Å². The van der Waals surface area contributed by atoms with E-state index in [1.165, 1.54) is 5.56 Å². The maximum absolute atomic E-state index is 12.3. The first-order valence-corrected chi connectivity index (χ1v) is 7.65. The van der Waals surface area contributed by atoms with Crippen molar-refractivity contribution in [1.29, 1.82) is 0 Å². The predicted octanol–water partition coefficient (Wildman–Crippen LogP) is 2.09. The summed E-state index contributed by atoms with van der Waals surface area (Å²) < 4.78 is 0. The Morgan fingerprint density at radius 1 is 1.00 bits per heavy atom. The van der Waals surface area contributed by atoms with E-state index < -0.39 is 0 Å². The molecule has 0 bridgehead atoms. The zero-order valence-corrected chi connectivity index (χ0v) is 12.9. The Balaban J connectivity index is 1.55. The molecule has 6 heteroatoms. The highest BCUT2D eigenvalue weighted by molar-refractivity contribution is 6.29. The highest BCUT2D eigenvalue weighted by atomic mass is 35.5. The van der Waals surface area contributed by atoms with Gasteiger partial charge in [-0.3, -0.25) is 9.69 Å². The fourth-order valence-electron chi connectivity index (χ4n) is 2.54. The Morgan fingerprint density at radius 2 is 1.73 bits per heavy atom. The van der Waals surface area contributed by atoms with Crippen LogP contribution in [0.3, 0.4) is 0 Å². The average molecular weight is 317 g/mol. The third-order valence-corrected chi connectivity index (χ3v) is 3.96. The topological polar surface area (TPSA) is 49.3 Å². The Bertz CT molecular complexity index is 624. The number of piperazine rings is 1. The molecule has 0 N–H and O–H groups in total. The summed E-state index contributed by atoms with van der Waals surface area (Å²) in [5.74, 6) is -0.0801. The van der Waals surface area contributed by atoms with Crippen molar-refractivity contribution in [2.24, 2.45) is 0 Å². The summed E-state index contributed by atoms with van der Waals surface area (Å²) in [6, 6.07) is 13.6. The number of carbonyl (C=O) groups excluding carboxylic acids is 1.